The number of benzene rings is 3. The highest BCUT2D eigenvalue weighted by Crippen LogP contribution is 2.34. The van der Waals surface area contributed by atoms with E-state index in [1.54, 1.807) is 0 Å². The maximum absolute atomic E-state index is 13.5. The first-order valence-electron chi connectivity index (χ1n) is 8.48. The minimum atomic E-state index is -1.11. The number of carbonyl (C=O) groups excluding carboxylic acids is 3. The summed E-state index contributed by atoms with van der Waals surface area (Å²) in [7, 11) is 0. The topological polar surface area (TPSA) is 113 Å². The molecule has 30 heavy (non-hydrogen) atoms. The second-order valence-corrected chi connectivity index (χ2v) is 6.40. The number of hydrogen-bond acceptors (Lipinski definition) is 6. The zero-order chi connectivity index (χ0) is 21.6. The fraction of sp³-hybridized carbons (Fsp3) is 0. The summed E-state index contributed by atoms with van der Waals surface area (Å²) in [5.41, 5.74) is -0.0163. The van der Waals surface area contributed by atoms with E-state index in [1.165, 1.54) is 24.3 Å². The third-order valence-corrected chi connectivity index (χ3v) is 4.49. The summed E-state index contributed by atoms with van der Waals surface area (Å²) in [5.74, 6) is -5.99. The van der Waals surface area contributed by atoms with Crippen LogP contribution in [0.2, 0.25) is 0 Å². The molecule has 0 saturated carbocycles. The summed E-state index contributed by atoms with van der Waals surface area (Å²) in [4.78, 5) is 35.9. The van der Waals surface area contributed by atoms with Crippen LogP contribution in [0.25, 0.3) is 11.1 Å². The number of phenolic OH excluding ortho intramolecular Hbond substituents is 2. The van der Waals surface area contributed by atoms with Crippen molar-refractivity contribution in [2.75, 3.05) is 0 Å². The van der Waals surface area contributed by atoms with Gasteiger partial charge in [0.15, 0.2) is 23.1 Å². The van der Waals surface area contributed by atoms with Crippen LogP contribution in [0, 0.1) is 11.6 Å². The Bertz CT molecular complexity index is 1250. The molecule has 3 N–H and O–H groups in total. The van der Waals surface area contributed by atoms with E-state index in [9.17, 15) is 33.4 Å². The van der Waals surface area contributed by atoms with Gasteiger partial charge in [0, 0.05) is 0 Å². The Balaban J connectivity index is 1.67. The van der Waals surface area contributed by atoms with Crippen LogP contribution in [0.5, 0.6) is 17.2 Å². The third kappa shape index (κ3) is 3.22. The van der Waals surface area contributed by atoms with Crippen molar-refractivity contribution >= 4 is 17.8 Å². The lowest BCUT2D eigenvalue weighted by atomic mass is 10.0. The molecule has 7 nitrogen and oxygen atoms in total. The van der Waals surface area contributed by atoms with Gasteiger partial charge in [-0.15, -0.1) is 0 Å². The zero-order valence-electron chi connectivity index (χ0n) is 14.9. The van der Waals surface area contributed by atoms with E-state index in [0.717, 1.165) is 24.3 Å². The van der Waals surface area contributed by atoms with Gasteiger partial charge in [-0.25, -0.2) is 13.6 Å². The Morgan fingerprint density at radius 1 is 0.800 bits per heavy atom. The van der Waals surface area contributed by atoms with Crippen LogP contribution < -0.4 is 10.1 Å². The van der Waals surface area contributed by atoms with Crippen LogP contribution >= 0.6 is 0 Å². The lowest BCUT2D eigenvalue weighted by Crippen LogP contribution is -2.19. The molecular weight excluding hydrogens is 400 g/mol. The van der Waals surface area contributed by atoms with Crippen LogP contribution in [-0.4, -0.2) is 28.0 Å². The van der Waals surface area contributed by atoms with Crippen molar-refractivity contribution in [3.63, 3.8) is 0 Å². The molecule has 0 bridgehead atoms. The van der Waals surface area contributed by atoms with Crippen molar-refractivity contribution in [1.82, 2.24) is 5.32 Å². The van der Waals surface area contributed by atoms with Crippen molar-refractivity contribution < 1.29 is 38.1 Å². The SMILES string of the molecule is O=C(Oc1cc(-c2ccc(F)c(F)c2)ccc1O)c1cc2c(cc1O)C(=O)NC2=O. The number of ether oxygens (including phenoxy) is 1. The largest absolute Gasteiger partial charge is 0.507 e. The zero-order valence-corrected chi connectivity index (χ0v) is 14.9. The van der Waals surface area contributed by atoms with E-state index in [-0.39, 0.29) is 22.4 Å². The van der Waals surface area contributed by atoms with E-state index in [0.29, 0.717) is 5.56 Å². The maximum atomic E-state index is 13.5. The Hall–Kier alpha value is -4.27. The van der Waals surface area contributed by atoms with Gasteiger partial charge in [-0.05, 0) is 47.5 Å². The molecule has 1 aliphatic heterocycles. The van der Waals surface area contributed by atoms with Gasteiger partial charge >= 0.3 is 5.97 Å². The number of imide groups is 1. The highest BCUT2D eigenvalue weighted by atomic mass is 19.2. The van der Waals surface area contributed by atoms with Crippen LogP contribution in [0.15, 0.2) is 48.5 Å². The summed E-state index contributed by atoms with van der Waals surface area (Å²) in [5, 5.41) is 22.1. The number of amides is 2. The van der Waals surface area contributed by atoms with Crippen molar-refractivity contribution in [3.05, 3.63) is 76.9 Å². The molecule has 3 aromatic rings. The Labute approximate surface area is 167 Å². The number of halogens is 2. The lowest BCUT2D eigenvalue weighted by molar-refractivity contribution is 0.0726. The second kappa shape index (κ2) is 6.96. The molecule has 3 aromatic carbocycles. The molecule has 0 aromatic heterocycles. The predicted molar refractivity (Wildman–Crippen MR) is 98.3 cm³/mol. The fourth-order valence-electron chi connectivity index (χ4n) is 2.97. The predicted octanol–water partition coefficient (Wildman–Crippen LogP) is 3.15. The number of hydrogen-bond donors (Lipinski definition) is 3. The molecule has 0 spiro atoms. The number of rotatable bonds is 3. The van der Waals surface area contributed by atoms with Crippen molar-refractivity contribution in [1.29, 1.82) is 0 Å². The number of aromatic hydroxyl groups is 2. The van der Waals surface area contributed by atoms with Crippen LogP contribution in [0.4, 0.5) is 8.78 Å². The van der Waals surface area contributed by atoms with E-state index >= 15 is 0 Å². The van der Waals surface area contributed by atoms with Gasteiger partial charge in [0.25, 0.3) is 11.8 Å². The van der Waals surface area contributed by atoms with Gasteiger partial charge < -0.3 is 14.9 Å². The van der Waals surface area contributed by atoms with E-state index in [1.807, 2.05) is 5.32 Å². The molecule has 0 radical (unpaired) electrons. The highest BCUT2D eigenvalue weighted by Gasteiger charge is 2.30. The first-order valence-corrected chi connectivity index (χ1v) is 8.48. The molecule has 1 aliphatic rings. The third-order valence-electron chi connectivity index (χ3n) is 4.49. The van der Waals surface area contributed by atoms with Crippen LogP contribution in [0.3, 0.4) is 0 Å². The Kier molecular flexibility index (Phi) is 4.42. The summed E-state index contributed by atoms with van der Waals surface area (Å²) in [6.07, 6.45) is 0. The molecule has 9 heteroatoms. The van der Waals surface area contributed by atoms with E-state index in [4.69, 9.17) is 4.74 Å². The number of nitrogens with one attached hydrogen (secondary N) is 1. The molecule has 0 fully saturated rings. The first kappa shape index (κ1) is 19.1. The van der Waals surface area contributed by atoms with E-state index in [2.05, 4.69) is 0 Å². The standard InChI is InChI=1S/C21H11F2NO6/c22-14-3-1-9(5-15(14)23)10-2-4-16(25)18(6-10)30-21(29)13-7-11-12(8-17(13)26)20(28)24-19(11)27/h1-8,25-26H,(H,24,27,28). The van der Waals surface area contributed by atoms with Gasteiger partial charge in [0.1, 0.15) is 11.3 Å². The van der Waals surface area contributed by atoms with Crippen molar-refractivity contribution in [3.8, 4) is 28.4 Å². The van der Waals surface area contributed by atoms with Gasteiger partial charge in [-0.1, -0.05) is 12.1 Å². The maximum Gasteiger partial charge on any atom is 0.347 e. The van der Waals surface area contributed by atoms with Gasteiger partial charge in [-0.2, -0.15) is 0 Å². The fourth-order valence-corrected chi connectivity index (χ4v) is 2.97. The molecule has 1 heterocycles. The van der Waals surface area contributed by atoms with Gasteiger partial charge in [0.2, 0.25) is 0 Å². The highest BCUT2D eigenvalue weighted by molar-refractivity contribution is 6.22. The summed E-state index contributed by atoms with van der Waals surface area (Å²) < 4.78 is 31.8. The molecule has 0 aliphatic carbocycles. The second-order valence-electron chi connectivity index (χ2n) is 6.40. The summed E-state index contributed by atoms with van der Waals surface area (Å²) >= 11 is 0. The monoisotopic (exact) mass is 411 g/mol. The Morgan fingerprint density at radius 2 is 1.43 bits per heavy atom. The van der Waals surface area contributed by atoms with Crippen molar-refractivity contribution in [2.24, 2.45) is 0 Å². The smallest absolute Gasteiger partial charge is 0.347 e. The van der Waals surface area contributed by atoms with Crippen LogP contribution in [0.1, 0.15) is 31.1 Å². The lowest BCUT2D eigenvalue weighted by Gasteiger charge is -2.10. The quantitative estimate of drug-likeness (QED) is 0.347. The molecule has 0 unspecified atom stereocenters. The summed E-state index contributed by atoms with van der Waals surface area (Å²) in [6.45, 7) is 0. The minimum absolute atomic E-state index is 0.0859. The van der Waals surface area contributed by atoms with Gasteiger partial charge in [-0.3, -0.25) is 14.9 Å². The molecular formula is C21H11F2NO6. The number of fused-ring (bicyclic) bond motifs is 1. The number of phenols is 2. The number of esters is 1. The minimum Gasteiger partial charge on any atom is -0.507 e. The van der Waals surface area contributed by atoms with Gasteiger partial charge in [0.05, 0.1) is 11.1 Å². The molecule has 0 atom stereocenters. The van der Waals surface area contributed by atoms with Crippen molar-refractivity contribution in [2.45, 2.75) is 0 Å². The molecule has 4 rings (SSSR count). The molecule has 0 saturated heterocycles. The summed E-state index contributed by atoms with van der Waals surface area (Å²) in [6, 6.07) is 8.95. The van der Waals surface area contributed by atoms with Crippen LogP contribution in [-0.2, 0) is 0 Å². The number of carbonyl (C=O) groups is 3. The molecule has 150 valence electrons. The molecule has 2 amide bonds. The normalized spacial score (nSPS) is 12.5. The van der Waals surface area contributed by atoms with E-state index < -0.39 is 46.5 Å². The first-order chi connectivity index (χ1) is 14.2. The average molecular weight is 411 g/mol. The Morgan fingerprint density at radius 3 is 2.13 bits per heavy atom. The average Bonchev–Trinajstić information content (AvgIpc) is 2.98.